The SMILES string of the molecule is CC(=O)c1ccc(NC(=O)C2CCCN(C(=O)N(C)C)C2)cc1. The number of carbonyl (C=O) groups excluding carboxylic acids is 3. The maximum Gasteiger partial charge on any atom is 0.319 e. The van der Waals surface area contributed by atoms with Crippen molar-refractivity contribution in [2.45, 2.75) is 19.8 Å². The molecular formula is C17H23N3O3. The van der Waals surface area contributed by atoms with Crippen LogP contribution in [0.15, 0.2) is 24.3 Å². The molecule has 6 heteroatoms. The number of nitrogens with zero attached hydrogens (tertiary/aromatic N) is 2. The highest BCUT2D eigenvalue weighted by atomic mass is 16.2. The van der Waals surface area contributed by atoms with Crippen LogP contribution in [0.4, 0.5) is 10.5 Å². The number of hydrogen-bond donors (Lipinski definition) is 1. The molecule has 0 aromatic heterocycles. The minimum atomic E-state index is -0.208. The number of rotatable bonds is 3. The first-order chi connectivity index (χ1) is 10.9. The number of urea groups is 1. The molecule has 3 amide bonds. The summed E-state index contributed by atoms with van der Waals surface area (Å²) in [5.74, 6) is -0.301. The van der Waals surface area contributed by atoms with E-state index in [0.717, 1.165) is 12.8 Å². The number of carbonyl (C=O) groups is 3. The van der Waals surface area contributed by atoms with Gasteiger partial charge in [0.25, 0.3) is 0 Å². The van der Waals surface area contributed by atoms with Gasteiger partial charge < -0.3 is 15.1 Å². The Morgan fingerprint density at radius 3 is 2.39 bits per heavy atom. The van der Waals surface area contributed by atoms with Crippen LogP contribution in [0.2, 0.25) is 0 Å². The summed E-state index contributed by atoms with van der Waals surface area (Å²) in [6, 6.07) is 6.77. The fourth-order valence-corrected chi connectivity index (χ4v) is 2.68. The van der Waals surface area contributed by atoms with Crippen LogP contribution in [0, 0.1) is 5.92 Å². The lowest BCUT2D eigenvalue weighted by molar-refractivity contribution is -0.121. The summed E-state index contributed by atoms with van der Waals surface area (Å²) in [6.07, 6.45) is 1.59. The number of anilines is 1. The van der Waals surface area contributed by atoms with Crippen molar-refractivity contribution in [3.8, 4) is 0 Å². The van der Waals surface area contributed by atoms with E-state index in [4.69, 9.17) is 0 Å². The van der Waals surface area contributed by atoms with E-state index in [-0.39, 0.29) is 23.6 Å². The zero-order valence-electron chi connectivity index (χ0n) is 13.8. The van der Waals surface area contributed by atoms with E-state index in [2.05, 4.69) is 5.32 Å². The lowest BCUT2D eigenvalue weighted by Gasteiger charge is -2.33. The van der Waals surface area contributed by atoms with Gasteiger partial charge in [-0.3, -0.25) is 9.59 Å². The number of ketones is 1. The molecule has 124 valence electrons. The third-order valence-corrected chi connectivity index (χ3v) is 4.00. The summed E-state index contributed by atoms with van der Waals surface area (Å²) < 4.78 is 0. The molecule has 0 bridgehead atoms. The number of benzene rings is 1. The lowest BCUT2D eigenvalue weighted by Crippen LogP contribution is -2.47. The minimum absolute atomic E-state index is 0.00648. The molecule has 0 spiro atoms. The zero-order chi connectivity index (χ0) is 17.0. The van der Waals surface area contributed by atoms with Gasteiger partial charge in [0.1, 0.15) is 0 Å². The topological polar surface area (TPSA) is 69.7 Å². The molecule has 0 radical (unpaired) electrons. The summed E-state index contributed by atoms with van der Waals surface area (Å²) in [6.45, 7) is 2.63. The van der Waals surface area contributed by atoms with Crippen molar-refractivity contribution in [1.29, 1.82) is 0 Å². The maximum atomic E-state index is 12.4. The zero-order valence-corrected chi connectivity index (χ0v) is 13.8. The Labute approximate surface area is 136 Å². The predicted molar refractivity (Wildman–Crippen MR) is 88.5 cm³/mol. The Morgan fingerprint density at radius 2 is 1.83 bits per heavy atom. The van der Waals surface area contributed by atoms with E-state index in [0.29, 0.717) is 24.3 Å². The van der Waals surface area contributed by atoms with Gasteiger partial charge in [-0.15, -0.1) is 0 Å². The van der Waals surface area contributed by atoms with Gasteiger partial charge in [-0.05, 0) is 44.0 Å². The first-order valence-electron chi connectivity index (χ1n) is 7.76. The molecule has 1 N–H and O–H groups in total. The van der Waals surface area contributed by atoms with Gasteiger partial charge >= 0.3 is 6.03 Å². The Kier molecular flexibility index (Phi) is 5.36. The van der Waals surface area contributed by atoms with Crippen molar-refractivity contribution < 1.29 is 14.4 Å². The highest BCUT2D eigenvalue weighted by Gasteiger charge is 2.29. The van der Waals surface area contributed by atoms with Gasteiger partial charge in [0.2, 0.25) is 5.91 Å². The Hall–Kier alpha value is -2.37. The highest BCUT2D eigenvalue weighted by molar-refractivity contribution is 5.96. The third kappa shape index (κ3) is 4.31. The number of hydrogen-bond acceptors (Lipinski definition) is 3. The Bertz CT molecular complexity index is 596. The first kappa shape index (κ1) is 17.0. The van der Waals surface area contributed by atoms with Crippen LogP contribution >= 0.6 is 0 Å². The van der Waals surface area contributed by atoms with Crippen LogP contribution < -0.4 is 5.32 Å². The molecule has 0 saturated carbocycles. The van der Waals surface area contributed by atoms with Gasteiger partial charge in [0.05, 0.1) is 5.92 Å². The molecule has 1 unspecified atom stereocenters. The number of nitrogens with one attached hydrogen (secondary N) is 1. The summed E-state index contributed by atoms with van der Waals surface area (Å²) in [7, 11) is 3.42. The molecule has 2 rings (SSSR count). The van der Waals surface area contributed by atoms with Gasteiger partial charge in [-0.25, -0.2) is 4.79 Å². The van der Waals surface area contributed by atoms with E-state index in [1.165, 1.54) is 11.8 Å². The fraction of sp³-hybridized carbons (Fsp3) is 0.471. The highest BCUT2D eigenvalue weighted by Crippen LogP contribution is 2.20. The standard InChI is InChI=1S/C17H23N3O3/c1-12(21)13-6-8-15(9-7-13)18-16(22)14-5-4-10-20(11-14)17(23)19(2)3/h6-9,14H,4-5,10-11H2,1-3H3,(H,18,22). The molecule has 1 aliphatic rings. The average molecular weight is 317 g/mol. The van der Waals surface area contributed by atoms with Gasteiger partial charge in [-0.2, -0.15) is 0 Å². The van der Waals surface area contributed by atoms with Gasteiger partial charge in [0.15, 0.2) is 5.78 Å². The molecule has 1 aromatic carbocycles. The third-order valence-electron chi connectivity index (χ3n) is 4.00. The molecule has 6 nitrogen and oxygen atoms in total. The summed E-state index contributed by atoms with van der Waals surface area (Å²) in [5, 5.41) is 2.86. The molecule has 1 fully saturated rings. The van der Waals surface area contributed by atoms with E-state index >= 15 is 0 Å². The predicted octanol–water partition coefficient (Wildman–Crippen LogP) is 2.22. The molecule has 1 aromatic rings. The number of piperidine rings is 1. The second-order valence-electron chi connectivity index (χ2n) is 6.08. The molecule has 1 atom stereocenters. The van der Waals surface area contributed by atoms with E-state index in [1.807, 2.05) is 0 Å². The van der Waals surface area contributed by atoms with Crippen LogP contribution in [0.5, 0.6) is 0 Å². The summed E-state index contributed by atoms with van der Waals surface area (Å²) in [4.78, 5) is 38.9. The average Bonchev–Trinajstić information content (AvgIpc) is 2.54. The van der Waals surface area contributed by atoms with Crippen LogP contribution in [0.1, 0.15) is 30.1 Å². The van der Waals surface area contributed by atoms with Crippen LogP contribution in [0.3, 0.4) is 0 Å². The molecule has 1 aliphatic heterocycles. The van der Waals surface area contributed by atoms with Crippen molar-refractivity contribution in [1.82, 2.24) is 9.80 Å². The molecule has 0 aliphatic carbocycles. The monoisotopic (exact) mass is 317 g/mol. The van der Waals surface area contributed by atoms with Crippen molar-refractivity contribution >= 4 is 23.4 Å². The second kappa shape index (κ2) is 7.26. The number of likely N-dealkylation sites (tertiary alicyclic amines) is 1. The van der Waals surface area contributed by atoms with Crippen LogP contribution in [-0.2, 0) is 4.79 Å². The smallest absolute Gasteiger partial charge is 0.319 e. The maximum absolute atomic E-state index is 12.4. The minimum Gasteiger partial charge on any atom is -0.331 e. The van der Waals surface area contributed by atoms with E-state index in [1.54, 1.807) is 43.3 Å². The van der Waals surface area contributed by atoms with Crippen molar-refractivity contribution in [3.05, 3.63) is 29.8 Å². The Morgan fingerprint density at radius 1 is 1.17 bits per heavy atom. The molecule has 23 heavy (non-hydrogen) atoms. The van der Waals surface area contributed by atoms with E-state index in [9.17, 15) is 14.4 Å². The van der Waals surface area contributed by atoms with Crippen LogP contribution in [-0.4, -0.2) is 54.7 Å². The molecule has 1 heterocycles. The quantitative estimate of drug-likeness (QED) is 0.869. The summed E-state index contributed by atoms with van der Waals surface area (Å²) in [5.41, 5.74) is 1.28. The molecular weight excluding hydrogens is 294 g/mol. The van der Waals surface area contributed by atoms with Gasteiger partial charge in [0, 0.05) is 38.4 Å². The van der Waals surface area contributed by atoms with Crippen molar-refractivity contribution in [2.75, 3.05) is 32.5 Å². The van der Waals surface area contributed by atoms with Gasteiger partial charge in [-0.1, -0.05) is 0 Å². The Balaban J connectivity index is 1.97. The fourth-order valence-electron chi connectivity index (χ4n) is 2.68. The van der Waals surface area contributed by atoms with Crippen molar-refractivity contribution in [3.63, 3.8) is 0 Å². The number of amides is 3. The number of Topliss-reactive ketones (excluding diaryl/α,β-unsaturated/α-hetero) is 1. The first-order valence-corrected chi connectivity index (χ1v) is 7.76. The second-order valence-corrected chi connectivity index (χ2v) is 6.08. The largest absolute Gasteiger partial charge is 0.331 e. The van der Waals surface area contributed by atoms with E-state index < -0.39 is 0 Å². The van der Waals surface area contributed by atoms with Crippen LogP contribution in [0.25, 0.3) is 0 Å². The van der Waals surface area contributed by atoms with Crippen molar-refractivity contribution in [2.24, 2.45) is 5.92 Å². The lowest BCUT2D eigenvalue weighted by atomic mass is 9.97. The summed E-state index contributed by atoms with van der Waals surface area (Å²) >= 11 is 0. The molecule has 1 saturated heterocycles. The normalized spacial score (nSPS) is 17.5.